The van der Waals surface area contributed by atoms with Gasteiger partial charge in [-0.15, -0.1) is 11.3 Å². The number of aromatic nitrogens is 6. The summed E-state index contributed by atoms with van der Waals surface area (Å²) in [7, 11) is 3.92. The minimum Gasteiger partial charge on any atom is -0.340 e. The van der Waals surface area contributed by atoms with Gasteiger partial charge in [-0.25, -0.2) is 9.37 Å². The zero-order chi connectivity index (χ0) is 25.4. The number of H-pyrrole nitrogens is 2. The summed E-state index contributed by atoms with van der Waals surface area (Å²) in [4.78, 5) is 19.3. The van der Waals surface area contributed by atoms with E-state index in [9.17, 15) is 4.39 Å². The van der Waals surface area contributed by atoms with Crippen LogP contribution in [0.1, 0.15) is 21.8 Å². The fourth-order valence-corrected chi connectivity index (χ4v) is 4.86. The molecule has 0 unspecified atom stereocenters. The molecule has 0 saturated heterocycles. The van der Waals surface area contributed by atoms with Crippen LogP contribution in [0.2, 0.25) is 0 Å². The summed E-state index contributed by atoms with van der Waals surface area (Å²) in [5.41, 5.74) is 4.54. The predicted molar refractivity (Wildman–Crippen MR) is 138 cm³/mol. The third-order valence-electron chi connectivity index (χ3n) is 5.60. The van der Waals surface area contributed by atoms with Gasteiger partial charge in [-0.3, -0.25) is 15.1 Å². The summed E-state index contributed by atoms with van der Waals surface area (Å²) in [5, 5.41) is 7.16. The number of aryl methyl sites for hydroxylation is 1. The highest BCUT2D eigenvalue weighted by Crippen LogP contribution is 2.35. The van der Waals surface area contributed by atoms with Crippen molar-refractivity contribution in [3.8, 4) is 22.8 Å². The third kappa shape index (κ3) is 4.36. The third-order valence-corrected chi connectivity index (χ3v) is 6.51. The van der Waals surface area contributed by atoms with Crippen LogP contribution in [0, 0.1) is 17.9 Å². The van der Waals surface area contributed by atoms with Crippen molar-refractivity contribution >= 4 is 27.8 Å². The van der Waals surface area contributed by atoms with Crippen LogP contribution in [0.5, 0.6) is 0 Å². The number of hydrogen-bond donors (Lipinski definition) is 2. The Labute approximate surface area is 210 Å². The molecule has 2 N–H and O–H groups in total. The average molecular weight is 504 g/mol. The van der Waals surface area contributed by atoms with Gasteiger partial charge in [0.15, 0.2) is 16.8 Å². The van der Waals surface area contributed by atoms with Crippen LogP contribution in [0.15, 0.2) is 55.5 Å². The van der Waals surface area contributed by atoms with E-state index in [1.165, 1.54) is 6.07 Å². The zero-order valence-electron chi connectivity index (χ0n) is 19.9. The molecule has 0 saturated carbocycles. The number of rotatable bonds is 7. The summed E-state index contributed by atoms with van der Waals surface area (Å²) in [5.74, 6) is -0.130. The van der Waals surface area contributed by atoms with Crippen LogP contribution in [-0.4, -0.2) is 49.1 Å². The van der Waals surface area contributed by atoms with Gasteiger partial charge in [0.2, 0.25) is 0 Å². The van der Waals surface area contributed by atoms with E-state index in [1.807, 2.05) is 32.0 Å². The number of pyridine rings is 2. The molecule has 5 rings (SSSR count). The van der Waals surface area contributed by atoms with Gasteiger partial charge in [-0.1, -0.05) is 18.7 Å². The molecule has 0 radical (unpaired) electrons. The lowest BCUT2D eigenvalue weighted by atomic mass is 10.1. The topological polar surface area (TPSA) is 86.4 Å². The summed E-state index contributed by atoms with van der Waals surface area (Å²) in [6.07, 6.45) is 8.30. The Morgan fingerprint density at radius 2 is 2.00 bits per heavy atom. The smallest absolute Gasteiger partial charge is 0.176 e. The lowest BCUT2D eigenvalue weighted by Gasteiger charge is -2.10. The van der Waals surface area contributed by atoms with Crippen molar-refractivity contribution in [3.63, 3.8) is 0 Å². The highest BCUT2D eigenvalue weighted by Gasteiger charge is 2.22. The molecule has 182 valence electrons. The van der Waals surface area contributed by atoms with Crippen molar-refractivity contribution in [2.45, 2.75) is 13.5 Å². The molecule has 0 amide bonds. The van der Waals surface area contributed by atoms with Crippen molar-refractivity contribution in [1.82, 2.24) is 35.0 Å². The Bertz CT molecular complexity index is 1610. The second kappa shape index (κ2) is 9.56. The lowest BCUT2D eigenvalue weighted by molar-refractivity contribution is 0.402. The van der Waals surface area contributed by atoms with Crippen molar-refractivity contribution in [3.05, 3.63) is 88.3 Å². The highest BCUT2D eigenvalue weighted by atomic mass is 32.1. The molecule has 0 aliphatic rings. The number of thiophene rings is 1. The summed E-state index contributed by atoms with van der Waals surface area (Å²) in [6.45, 7) is 6.30. The number of hydrogen-bond acceptors (Lipinski definition) is 6. The molecule has 0 atom stereocenters. The van der Waals surface area contributed by atoms with Gasteiger partial charge in [0.25, 0.3) is 0 Å². The zero-order valence-corrected chi connectivity index (χ0v) is 20.7. The molecule has 0 aliphatic heterocycles. The lowest BCUT2D eigenvalue weighted by Crippen LogP contribution is -2.10. The fraction of sp³-hybridized carbons (Fsp3) is 0.154. The Hall–Kier alpha value is -4.02. The molecule has 5 aromatic rings. The molecule has 0 fully saturated rings. The molecule has 0 spiro atoms. The monoisotopic (exact) mass is 503 g/mol. The predicted octanol–water partition coefficient (Wildman–Crippen LogP) is 5.74. The van der Waals surface area contributed by atoms with E-state index in [0.717, 1.165) is 22.6 Å². The molecule has 36 heavy (non-hydrogen) atoms. The number of imidazole rings is 1. The molecule has 5 aromatic heterocycles. The minimum absolute atomic E-state index is 0.183. The van der Waals surface area contributed by atoms with Gasteiger partial charge >= 0.3 is 0 Å². The van der Waals surface area contributed by atoms with Crippen LogP contribution in [0.4, 0.5) is 8.78 Å². The highest BCUT2D eigenvalue weighted by molar-refractivity contribution is 7.11. The van der Waals surface area contributed by atoms with Crippen LogP contribution in [-0.2, 0) is 6.54 Å². The molecule has 0 aliphatic carbocycles. The van der Waals surface area contributed by atoms with Crippen molar-refractivity contribution in [2.24, 2.45) is 0 Å². The molecule has 0 bridgehead atoms. The Kier molecular flexibility index (Phi) is 6.29. The number of nitrogens with zero attached hydrogens (tertiary/aromatic N) is 5. The van der Waals surface area contributed by atoms with Crippen LogP contribution < -0.4 is 0 Å². The normalized spacial score (nSPS) is 12.1. The van der Waals surface area contributed by atoms with Crippen molar-refractivity contribution < 1.29 is 8.78 Å². The first kappa shape index (κ1) is 23.7. The van der Waals surface area contributed by atoms with Gasteiger partial charge in [-0.2, -0.15) is 9.49 Å². The van der Waals surface area contributed by atoms with E-state index in [1.54, 1.807) is 36.8 Å². The van der Waals surface area contributed by atoms with Crippen LogP contribution in [0.25, 0.3) is 39.3 Å². The number of fused-ring (bicyclic) bond motifs is 1. The summed E-state index contributed by atoms with van der Waals surface area (Å²) >= 11 is 1.02. The first-order chi connectivity index (χ1) is 17.4. The van der Waals surface area contributed by atoms with Gasteiger partial charge in [0.05, 0.1) is 22.8 Å². The number of aromatic amines is 2. The fourth-order valence-electron chi connectivity index (χ4n) is 4.11. The summed E-state index contributed by atoms with van der Waals surface area (Å²) < 4.78 is 29.6. The molecule has 10 heteroatoms. The molecule has 5 heterocycles. The van der Waals surface area contributed by atoms with Gasteiger partial charge in [-0.05, 0) is 44.8 Å². The average Bonchev–Trinajstić information content (AvgIpc) is 3.56. The standard InChI is InChI=1S/C26H23F2N7S/c1-5-6-17(19-7-8-20(27)36-19)23-14(2)31-26(32-23)25-21-18(33-34-25)12-30-24(22(21)28)16-9-15(10-29-11-16)13-35(3)4/h5-12H,1,13H2,2-4H3,(H,31,32)(H,33,34)/b17-6-. The number of allylic oxidation sites excluding steroid dienone is 2. The van der Waals surface area contributed by atoms with E-state index in [4.69, 9.17) is 4.98 Å². The SMILES string of the molecule is C=C/C=C(/c1ccc(F)s1)c1nc(-c2n[nH]c3cnc(-c4cncc(CN(C)C)c4)c(F)c23)[nH]c1C. The maximum atomic E-state index is 15.9. The molecular weight excluding hydrogens is 480 g/mol. The number of halogens is 2. The van der Waals surface area contributed by atoms with E-state index in [-0.39, 0.29) is 16.2 Å². The molecule has 7 nitrogen and oxygen atoms in total. The summed E-state index contributed by atoms with van der Waals surface area (Å²) in [6, 6.07) is 4.99. The molecule has 0 aromatic carbocycles. The van der Waals surface area contributed by atoms with Crippen LogP contribution in [0.3, 0.4) is 0 Å². The molecular formula is C26H23F2N7S. The second-order valence-electron chi connectivity index (χ2n) is 8.58. The minimum atomic E-state index is -0.516. The van der Waals surface area contributed by atoms with Crippen molar-refractivity contribution in [1.29, 1.82) is 0 Å². The first-order valence-corrected chi connectivity index (χ1v) is 11.9. The largest absolute Gasteiger partial charge is 0.340 e. The Balaban J connectivity index is 1.61. The van der Waals surface area contributed by atoms with Crippen molar-refractivity contribution in [2.75, 3.05) is 14.1 Å². The van der Waals surface area contributed by atoms with E-state index in [2.05, 4.69) is 31.7 Å². The first-order valence-electron chi connectivity index (χ1n) is 11.1. The van der Waals surface area contributed by atoms with Gasteiger partial charge < -0.3 is 9.88 Å². The van der Waals surface area contributed by atoms with Gasteiger partial charge in [0.1, 0.15) is 11.4 Å². The Morgan fingerprint density at radius 1 is 1.17 bits per heavy atom. The maximum absolute atomic E-state index is 15.9. The van der Waals surface area contributed by atoms with E-state index >= 15 is 4.39 Å². The maximum Gasteiger partial charge on any atom is 0.176 e. The quantitative estimate of drug-likeness (QED) is 0.277. The van der Waals surface area contributed by atoms with Crippen LogP contribution >= 0.6 is 11.3 Å². The van der Waals surface area contributed by atoms with E-state index in [0.29, 0.717) is 45.3 Å². The van der Waals surface area contributed by atoms with E-state index < -0.39 is 5.82 Å². The van der Waals surface area contributed by atoms with Gasteiger partial charge in [0, 0.05) is 40.6 Å². The Morgan fingerprint density at radius 3 is 2.72 bits per heavy atom. The number of nitrogens with one attached hydrogen (secondary N) is 2. The second-order valence-corrected chi connectivity index (χ2v) is 9.61.